The molecular formula is C13H19NO2. The number of ether oxygens (including phenoxy) is 1. The van der Waals surface area contributed by atoms with Crippen LogP contribution in [-0.4, -0.2) is 24.2 Å². The molecule has 16 heavy (non-hydrogen) atoms. The van der Waals surface area contributed by atoms with Crippen molar-refractivity contribution >= 4 is 5.97 Å². The Balaban J connectivity index is 1.83. The lowest BCUT2D eigenvalue weighted by molar-refractivity contribution is -0.147. The number of hydrogen-bond acceptors (Lipinski definition) is 3. The van der Waals surface area contributed by atoms with Crippen molar-refractivity contribution in [2.45, 2.75) is 51.7 Å². The second kappa shape index (κ2) is 3.78. The highest BCUT2D eigenvalue weighted by molar-refractivity contribution is 5.88. The molecule has 0 aromatic heterocycles. The zero-order valence-electron chi connectivity index (χ0n) is 10.2. The number of rotatable bonds is 0. The normalized spacial score (nSPS) is 26.1. The van der Waals surface area contributed by atoms with Gasteiger partial charge < -0.3 is 10.1 Å². The van der Waals surface area contributed by atoms with Crippen LogP contribution in [0.5, 0.6) is 0 Å². The van der Waals surface area contributed by atoms with Crippen molar-refractivity contribution in [1.29, 1.82) is 0 Å². The van der Waals surface area contributed by atoms with Crippen molar-refractivity contribution < 1.29 is 9.53 Å². The van der Waals surface area contributed by atoms with E-state index in [0.29, 0.717) is 5.41 Å². The Morgan fingerprint density at radius 3 is 2.62 bits per heavy atom. The molecule has 0 amide bonds. The standard InChI is InChI=1S/C13H19NO2/c1-12(2,3)16-11(15)5-4-10-8-13(6-7-13)9-14-10/h10,14H,6-9H2,1-3H3. The molecule has 1 heterocycles. The molecule has 0 bridgehead atoms. The summed E-state index contributed by atoms with van der Waals surface area (Å²) in [5, 5.41) is 3.35. The average molecular weight is 221 g/mol. The van der Waals surface area contributed by atoms with Gasteiger partial charge in [0.25, 0.3) is 0 Å². The van der Waals surface area contributed by atoms with Crippen LogP contribution in [0.3, 0.4) is 0 Å². The first-order chi connectivity index (χ1) is 7.39. The summed E-state index contributed by atoms with van der Waals surface area (Å²) in [6.07, 6.45) is 3.71. The van der Waals surface area contributed by atoms with Crippen LogP contribution in [0.25, 0.3) is 0 Å². The summed E-state index contributed by atoms with van der Waals surface area (Å²) in [6, 6.07) is 0.176. The highest BCUT2D eigenvalue weighted by Crippen LogP contribution is 2.51. The van der Waals surface area contributed by atoms with E-state index in [1.165, 1.54) is 12.8 Å². The van der Waals surface area contributed by atoms with Crippen molar-refractivity contribution in [2.75, 3.05) is 6.54 Å². The van der Waals surface area contributed by atoms with Gasteiger partial charge in [-0.1, -0.05) is 5.92 Å². The van der Waals surface area contributed by atoms with Gasteiger partial charge in [-0.3, -0.25) is 0 Å². The van der Waals surface area contributed by atoms with Crippen LogP contribution < -0.4 is 5.32 Å². The summed E-state index contributed by atoms with van der Waals surface area (Å²) < 4.78 is 5.12. The number of carbonyl (C=O) groups is 1. The first-order valence-electron chi connectivity index (χ1n) is 5.87. The molecular weight excluding hydrogens is 202 g/mol. The van der Waals surface area contributed by atoms with Gasteiger partial charge in [-0.15, -0.1) is 0 Å². The van der Waals surface area contributed by atoms with Crippen molar-refractivity contribution in [3.05, 3.63) is 0 Å². The molecule has 0 aromatic rings. The van der Waals surface area contributed by atoms with E-state index in [0.717, 1.165) is 13.0 Å². The topological polar surface area (TPSA) is 38.3 Å². The summed E-state index contributed by atoms with van der Waals surface area (Å²) in [4.78, 5) is 11.4. The van der Waals surface area contributed by atoms with Gasteiger partial charge in [-0.2, -0.15) is 0 Å². The van der Waals surface area contributed by atoms with Crippen LogP contribution in [0.2, 0.25) is 0 Å². The van der Waals surface area contributed by atoms with E-state index in [-0.39, 0.29) is 6.04 Å². The summed E-state index contributed by atoms with van der Waals surface area (Å²) in [5.41, 5.74) is 0.0693. The lowest BCUT2D eigenvalue weighted by Gasteiger charge is -2.17. The van der Waals surface area contributed by atoms with Gasteiger partial charge in [0.1, 0.15) is 5.60 Å². The fraction of sp³-hybridized carbons (Fsp3) is 0.769. The van der Waals surface area contributed by atoms with Crippen LogP contribution in [0.15, 0.2) is 0 Å². The van der Waals surface area contributed by atoms with E-state index in [4.69, 9.17) is 4.74 Å². The van der Waals surface area contributed by atoms with E-state index in [1.54, 1.807) is 0 Å². The fourth-order valence-corrected chi connectivity index (χ4v) is 2.03. The predicted molar refractivity (Wildman–Crippen MR) is 61.7 cm³/mol. The molecule has 1 atom stereocenters. The molecule has 3 nitrogen and oxygen atoms in total. The van der Waals surface area contributed by atoms with Gasteiger partial charge in [-0.25, -0.2) is 4.79 Å². The van der Waals surface area contributed by atoms with Crippen LogP contribution in [0.1, 0.15) is 40.0 Å². The van der Waals surface area contributed by atoms with Crippen LogP contribution in [0, 0.1) is 17.3 Å². The number of nitrogens with one attached hydrogen (secondary N) is 1. The van der Waals surface area contributed by atoms with Gasteiger partial charge in [0, 0.05) is 12.5 Å². The van der Waals surface area contributed by atoms with Crippen molar-refractivity contribution in [1.82, 2.24) is 5.32 Å². The van der Waals surface area contributed by atoms with E-state index < -0.39 is 11.6 Å². The summed E-state index contributed by atoms with van der Waals surface area (Å²) in [6.45, 7) is 6.60. The quantitative estimate of drug-likeness (QED) is 0.382. The summed E-state index contributed by atoms with van der Waals surface area (Å²) >= 11 is 0. The largest absolute Gasteiger partial charge is 0.450 e. The Morgan fingerprint density at radius 2 is 2.12 bits per heavy atom. The molecule has 1 unspecified atom stereocenters. The van der Waals surface area contributed by atoms with Gasteiger partial charge >= 0.3 is 5.97 Å². The highest BCUT2D eigenvalue weighted by atomic mass is 16.6. The van der Waals surface area contributed by atoms with Crippen molar-refractivity contribution in [3.63, 3.8) is 0 Å². The van der Waals surface area contributed by atoms with Gasteiger partial charge in [0.05, 0.1) is 6.04 Å². The molecule has 2 aliphatic rings. The monoisotopic (exact) mass is 221 g/mol. The van der Waals surface area contributed by atoms with Crippen molar-refractivity contribution in [2.24, 2.45) is 5.41 Å². The number of carbonyl (C=O) groups excluding carboxylic acids is 1. The molecule has 1 saturated carbocycles. The Labute approximate surface area is 96.9 Å². The minimum absolute atomic E-state index is 0.176. The molecule has 0 aromatic carbocycles. The van der Waals surface area contributed by atoms with E-state index >= 15 is 0 Å². The molecule has 1 spiro atoms. The maximum Gasteiger partial charge on any atom is 0.384 e. The first-order valence-corrected chi connectivity index (χ1v) is 5.87. The van der Waals surface area contributed by atoms with Crippen LogP contribution in [0.4, 0.5) is 0 Å². The molecule has 1 aliphatic carbocycles. The van der Waals surface area contributed by atoms with Crippen LogP contribution in [-0.2, 0) is 9.53 Å². The SMILES string of the molecule is CC(C)(C)OC(=O)C#CC1CC2(CC2)CN1. The minimum atomic E-state index is -0.452. The lowest BCUT2D eigenvalue weighted by Crippen LogP contribution is -2.24. The second-order valence-corrected chi connectivity index (χ2v) is 5.91. The van der Waals surface area contributed by atoms with E-state index in [1.807, 2.05) is 20.8 Å². The molecule has 0 radical (unpaired) electrons. The first kappa shape index (κ1) is 11.5. The molecule has 1 N–H and O–H groups in total. The summed E-state index contributed by atoms with van der Waals surface area (Å²) in [7, 11) is 0. The predicted octanol–water partition coefficient (Wildman–Crippen LogP) is 1.47. The third kappa shape index (κ3) is 2.99. The Bertz CT molecular complexity index is 352. The molecule has 2 rings (SSSR count). The Morgan fingerprint density at radius 1 is 1.44 bits per heavy atom. The molecule has 88 valence electrons. The lowest BCUT2D eigenvalue weighted by atomic mass is 10.0. The highest BCUT2D eigenvalue weighted by Gasteiger charge is 2.47. The second-order valence-electron chi connectivity index (χ2n) is 5.91. The molecule has 1 aliphatic heterocycles. The Hall–Kier alpha value is -1.01. The maximum absolute atomic E-state index is 11.4. The van der Waals surface area contributed by atoms with Gasteiger partial charge in [0.2, 0.25) is 0 Å². The van der Waals surface area contributed by atoms with Crippen molar-refractivity contribution in [3.8, 4) is 11.8 Å². The third-order valence-corrected chi connectivity index (χ3v) is 3.07. The third-order valence-electron chi connectivity index (χ3n) is 3.07. The fourth-order valence-electron chi connectivity index (χ4n) is 2.03. The number of hydrogen-bond donors (Lipinski definition) is 1. The van der Waals surface area contributed by atoms with Gasteiger partial charge in [-0.05, 0) is 45.4 Å². The zero-order valence-corrected chi connectivity index (χ0v) is 10.2. The average Bonchev–Trinajstić information content (AvgIpc) is 2.72. The number of esters is 1. The molecule has 3 heteroatoms. The van der Waals surface area contributed by atoms with E-state index in [2.05, 4.69) is 17.2 Å². The van der Waals surface area contributed by atoms with Crippen LogP contribution >= 0.6 is 0 Å². The van der Waals surface area contributed by atoms with Gasteiger partial charge in [0.15, 0.2) is 0 Å². The Kier molecular flexibility index (Phi) is 2.71. The molecule has 2 fully saturated rings. The molecule has 1 saturated heterocycles. The van der Waals surface area contributed by atoms with E-state index in [9.17, 15) is 4.79 Å². The maximum atomic E-state index is 11.4. The minimum Gasteiger partial charge on any atom is -0.450 e. The zero-order chi connectivity index (χ0) is 11.8. The summed E-state index contributed by atoms with van der Waals surface area (Å²) in [5.74, 6) is 5.11. The smallest absolute Gasteiger partial charge is 0.384 e.